The lowest BCUT2D eigenvalue weighted by atomic mass is 10.2. The summed E-state index contributed by atoms with van der Waals surface area (Å²) >= 11 is 11.9. The van der Waals surface area contributed by atoms with Crippen molar-refractivity contribution in [1.29, 1.82) is 0 Å². The van der Waals surface area contributed by atoms with Gasteiger partial charge in [0.15, 0.2) is 18.1 Å². The van der Waals surface area contributed by atoms with Crippen LogP contribution in [0.3, 0.4) is 0 Å². The summed E-state index contributed by atoms with van der Waals surface area (Å²) in [5.74, 6) is 0.675. The number of hydrogen-bond donors (Lipinski definition) is 1. The van der Waals surface area contributed by atoms with Gasteiger partial charge in [-0.25, -0.2) is 5.43 Å². The Morgan fingerprint density at radius 1 is 1.12 bits per heavy atom. The Balaban J connectivity index is 1.88. The number of hydrogen-bond acceptors (Lipinski definition) is 4. The molecule has 0 atom stereocenters. The zero-order valence-electron chi connectivity index (χ0n) is 13.0. The molecule has 1 N–H and O–H groups in total. The quantitative estimate of drug-likeness (QED) is 0.596. The molecule has 0 unspecified atom stereocenters. The first-order valence-corrected chi connectivity index (χ1v) is 7.98. The van der Waals surface area contributed by atoms with Crippen molar-refractivity contribution in [2.75, 3.05) is 13.2 Å². The number of para-hydroxylation sites is 2. The molecule has 0 saturated carbocycles. The molecular formula is C17H16Cl2N2O3. The second kappa shape index (κ2) is 9.15. The first-order valence-electron chi connectivity index (χ1n) is 7.22. The first-order chi connectivity index (χ1) is 11.6. The number of benzene rings is 2. The predicted octanol–water partition coefficient (Wildman–Crippen LogP) is 3.92. The number of rotatable bonds is 7. The van der Waals surface area contributed by atoms with E-state index in [1.165, 1.54) is 6.21 Å². The third-order valence-electron chi connectivity index (χ3n) is 2.88. The lowest BCUT2D eigenvalue weighted by Gasteiger charge is -2.10. The van der Waals surface area contributed by atoms with Gasteiger partial charge < -0.3 is 9.47 Å². The van der Waals surface area contributed by atoms with Gasteiger partial charge in [-0.1, -0.05) is 47.5 Å². The third-order valence-corrected chi connectivity index (χ3v) is 3.72. The lowest BCUT2D eigenvalue weighted by molar-refractivity contribution is -0.123. The average molecular weight is 367 g/mol. The molecule has 1 amide bonds. The Kier molecular flexibility index (Phi) is 6.90. The molecule has 0 aliphatic carbocycles. The average Bonchev–Trinajstić information content (AvgIpc) is 2.58. The number of nitrogens with zero attached hydrogens (tertiary/aromatic N) is 1. The number of halogens is 2. The number of hydrazone groups is 1. The fraction of sp³-hybridized carbons (Fsp3) is 0.176. The van der Waals surface area contributed by atoms with Crippen molar-refractivity contribution >= 4 is 35.3 Å². The van der Waals surface area contributed by atoms with Crippen LogP contribution in [-0.2, 0) is 4.79 Å². The van der Waals surface area contributed by atoms with Crippen LogP contribution in [-0.4, -0.2) is 25.3 Å². The van der Waals surface area contributed by atoms with Crippen molar-refractivity contribution in [1.82, 2.24) is 5.43 Å². The molecule has 2 aromatic rings. The van der Waals surface area contributed by atoms with Gasteiger partial charge in [-0.2, -0.15) is 5.10 Å². The van der Waals surface area contributed by atoms with Crippen LogP contribution in [0.4, 0.5) is 0 Å². The highest BCUT2D eigenvalue weighted by molar-refractivity contribution is 6.43. The summed E-state index contributed by atoms with van der Waals surface area (Å²) in [6.45, 7) is 2.20. The van der Waals surface area contributed by atoms with Crippen LogP contribution in [0.15, 0.2) is 47.6 Å². The van der Waals surface area contributed by atoms with E-state index in [9.17, 15) is 4.79 Å². The lowest BCUT2D eigenvalue weighted by Crippen LogP contribution is -2.24. The fourth-order valence-electron chi connectivity index (χ4n) is 1.81. The van der Waals surface area contributed by atoms with Crippen LogP contribution in [0.5, 0.6) is 11.5 Å². The van der Waals surface area contributed by atoms with Gasteiger partial charge in [0.2, 0.25) is 0 Å². The molecule has 0 heterocycles. The smallest absolute Gasteiger partial charge is 0.277 e. The van der Waals surface area contributed by atoms with Crippen LogP contribution < -0.4 is 14.9 Å². The maximum Gasteiger partial charge on any atom is 0.277 e. The van der Waals surface area contributed by atoms with Crippen LogP contribution in [0.25, 0.3) is 0 Å². The van der Waals surface area contributed by atoms with Gasteiger partial charge in [-0.3, -0.25) is 4.79 Å². The highest BCUT2D eigenvalue weighted by Gasteiger charge is 2.07. The van der Waals surface area contributed by atoms with E-state index in [1.807, 2.05) is 13.0 Å². The maximum atomic E-state index is 11.8. The molecule has 2 aromatic carbocycles. The minimum Gasteiger partial charge on any atom is -0.490 e. The summed E-state index contributed by atoms with van der Waals surface area (Å²) in [6, 6.07) is 12.3. The van der Waals surface area contributed by atoms with E-state index >= 15 is 0 Å². The summed E-state index contributed by atoms with van der Waals surface area (Å²) in [7, 11) is 0. The monoisotopic (exact) mass is 366 g/mol. The van der Waals surface area contributed by atoms with Gasteiger partial charge in [0, 0.05) is 5.56 Å². The SMILES string of the molecule is CCOc1ccccc1OCC(=O)N/N=C/c1cccc(Cl)c1Cl. The molecule has 0 fully saturated rings. The molecule has 2 rings (SSSR count). The molecule has 0 spiro atoms. The van der Waals surface area contributed by atoms with E-state index in [1.54, 1.807) is 36.4 Å². The zero-order valence-corrected chi connectivity index (χ0v) is 14.5. The highest BCUT2D eigenvalue weighted by Crippen LogP contribution is 2.26. The number of carbonyl (C=O) groups excluding carboxylic acids is 1. The minimum atomic E-state index is -0.407. The molecule has 126 valence electrons. The molecule has 0 bridgehead atoms. The van der Waals surface area contributed by atoms with Crippen molar-refractivity contribution in [3.05, 3.63) is 58.1 Å². The summed E-state index contributed by atoms with van der Waals surface area (Å²) in [4.78, 5) is 11.8. The molecule has 24 heavy (non-hydrogen) atoms. The van der Waals surface area contributed by atoms with E-state index in [-0.39, 0.29) is 6.61 Å². The Labute approximate surface area is 150 Å². The van der Waals surface area contributed by atoms with Gasteiger partial charge in [0.05, 0.1) is 22.9 Å². The van der Waals surface area contributed by atoms with Gasteiger partial charge in [-0.15, -0.1) is 0 Å². The Hall–Kier alpha value is -2.24. The van der Waals surface area contributed by atoms with E-state index < -0.39 is 5.91 Å². The number of ether oxygens (including phenoxy) is 2. The van der Waals surface area contributed by atoms with Crippen molar-refractivity contribution in [3.63, 3.8) is 0 Å². The third kappa shape index (κ3) is 5.15. The van der Waals surface area contributed by atoms with Crippen molar-refractivity contribution in [2.24, 2.45) is 5.10 Å². The van der Waals surface area contributed by atoms with Gasteiger partial charge in [0.1, 0.15) is 0 Å². The van der Waals surface area contributed by atoms with E-state index in [2.05, 4.69) is 10.5 Å². The number of carbonyl (C=O) groups is 1. The molecule has 0 saturated heterocycles. The van der Waals surface area contributed by atoms with Crippen LogP contribution >= 0.6 is 23.2 Å². The Bertz CT molecular complexity index is 736. The normalized spacial score (nSPS) is 10.6. The summed E-state index contributed by atoms with van der Waals surface area (Å²) in [6.07, 6.45) is 1.42. The van der Waals surface area contributed by atoms with E-state index in [0.717, 1.165) is 0 Å². The van der Waals surface area contributed by atoms with Crippen LogP contribution in [0, 0.1) is 0 Å². The van der Waals surface area contributed by atoms with Gasteiger partial charge >= 0.3 is 0 Å². The number of amides is 1. The van der Waals surface area contributed by atoms with Gasteiger partial charge in [0.25, 0.3) is 5.91 Å². The molecular weight excluding hydrogens is 351 g/mol. The van der Waals surface area contributed by atoms with Gasteiger partial charge in [-0.05, 0) is 25.1 Å². The maximum absolute atomic E-state index is 11.8. The largest absolute Gasteiger partial charge is 0.490 e. The molecule has 0 aliphatic heterocycles. The summed E-state index contributed by atoms with van der Waals surface area (Å²) in [5.41, 5.74) is 2.97. The molecule has 0 radical (unpaired) electrons. The predicted molar refractivity (Wildman–Crippen MR) is 95.3 cm³/mol. The zero-order chi connectivity index (χ0) is 17.4. The highest BCUT2D eigenvalue weighted by atomic mass is 35.5. The first kappa shape index (κ1) is 18.1. The molecule has 0 aromatic heterocycles. The topological polar surface area (TPSA) is 59.9 Å². The Morgan fingerprint density at radius 3 is 2.54 bits per heavy atom. The standard InChI is InChI=1S/C17H16Cl2N2O3/c1-2-23-14-8-3-4-9-15(14)24-11-16(22)21-20-10-12-6-5-7-13(18)17(12)19/h3-10H,2,11H2,1H3,(H,21,22)/b20-10+. The second-order valence-corrected chi connectivity index (χ2v) is 5.39. The second-order valence-electron chi connectivity index (χ2n) is 4.60. The summed E-state index contributed by atoms with van der Waals surface area (Å²) < 4.78 is 10.9. The van der Waals surface area contributed by atoms with E-state index in [4.69, 9.17) is 32.7 Å². The van der Waals surface area contributed by atoms with Crippen molar-refractivity contribution in [2.45, 2.75) is 6.92 Å². The van der Waals surface area contributed by atoms with Crippen LogP contribution in [0.2, 0.25) is 10.0 Å². The minimum absolute atomic E-state index is 0.190. The van der Waals surface area contributed by atoms with Crippen LogP contribution in [0.1, 0.15) is 12.5 Å². The summed E-state index contributed by atoms with van der Waals surface area (Å²) in [5, 5.41) is 4.63. The van der Waals surface area contributed by atoms with Crippen molar-refractivity contribution in [3.8, 4) is 11.5 Å². The number of nitrogens with one attached hydrogen (secondary N) is 1. The van der Waals surface area contributed by atoms with Crippen molar-refractivity contribution < 1.29 is 14.3 Å². The van der Waals surface area contributed by atoms with E-state index in [0.29, 0.717) is 33.7 Å². The fourth-order valence-corrected chi connectivity index (χ4v) is 2.17. The molecule has 0 aliphatic rings. The molecule has 7 heteroatoms. The molecule has 5 nitrogen and oxygen atoms in total. The Morgan fingerprint density at radius 2 is 1.83 bits per heavy atom.